The van der Waals surface area contributed by atoms with Gasteiger partial charge in [0.05, 0.1) is 13.2 Å². The second-order valence-corrected chi connectivity index (χ2v) is 5.68. The summed E-state index contributed by atoms with van der Waals surface area (Å²) in [7, 11) is 0. The van der Waals surface area contributed by atoms with Crippen molar-refractivity contribution in [2.24, 2.45) is 0 Å². The molecule has 2 aliphatic rings. The highest BCUT2D eigenvalue weighted by Gasteiger charge is 2.56. The number of aliphatic hydroxyl groups excluding tert-OH is 7. The average molecular weight is 360 g/mol. The van der Waals surface area contributed by atoms with Gasteiger partial charge in [-0.3, -0.25) is 0 Å². The molecule has 0 bridgehead atoms. The maximum atomic E-state index is 13.6. The smallest absolute Gasteiger partial charge is 0.347 e. The number of alkyl halides is 1. The highest BCUT2D eigenvalue weighted by Crippen LogP contribution is 2.33. The summed E-state index contributed by atoms with van der Waals surface area (Å²) >= 11 is 0. The van der Waals surface area contributed by atoms with E-state index in [-0.39, 0.29) is 0 Å². The molecule has 10 atom stereocenters. The van der Waals surface area contributed by atoms with Gasteiger partial charge in [-0.25, -0.2) is 0 Å². The van der Waals surface area contributed by atoms with Crippen LogP contribution in [0.3, 0.4) is 0 Å². The minimum absolute atomic E-state index is 0.731. The van der Waals surface area contributed by atoms with Crippen molar-refractivity contribution < 1.29 is 59.5 Å². The van der Waals surface area contributed by atoms with Crippen LogP contribution in [-0.4, -0.2) is 115 Å². The molecule has 2 rings (SSSR count). The van der Waals surface area contributed by atoms with Crippen molar-refractivity contribution in [3.05, 3.63) is 0 Å². The Morgan fingerprint density at radius 1 is 0.875 bits per heavy atom. The van der Waals surface area contributed by atoms with E-state index in [2.05, 4.69) is 4.74 Å². The standard InChI is InChI=1S/C12H21FO11/c13-12(21)10(20)8(19)9(4(2-15)24-12)23-11-7(18)6(17)5(16)3(1-14)22-11/h3-11,14-21H,1-2H2/t3-,4-,5?,6?,7?,8+,9-,10+,11?,12?/m1/s1. The van der Waals surface area contributed by atoms with Crippen LogP contribution in [0.4, 0.5) is 4.39 Å². The van der Waals surface area contributed by atoms with Crippen molar-refractivity contribution in [3.63, 3.8) is 0 Å². The lowest BCUT2D eigenvalue weighted by atomic mass is 9.96. The van der Waals surface area contributed by atoms with Gasteiger partial charge in [0.15, 0.2) is 12.4 Å². The lowest BCUT2D eigenvalue weighted by Crippen LogP contribution is -2.66. The first-order valence-electron chi connectivity index (χ1n) is 7.16. The molecule has 2 fully saturated rings. The molecule has 142 valence electrons. The summed E-state index contributed by atoms with van der Waals surface area (Å²) in [5, 5.41) is 76.0. The summed E-state index contributed by atoms with van der Waals surface area (Å²) in [6.45, 7) is -1.66. The number of ether oxygens (including phenoxy) is 3. The summed E-state index contributed by atoms with van der Waals surface area (Å²) < 4.78 is 28.2. The Hall–Kier alpha value is -0.510. The van der Waals surface area contributed by atoms with Crippen molar-refractivity contribution in [3.8, 4) is 0 Å². The molecule has 8 N–H and O–H groups in total. The van der Waals surface area contributed by atoms with Gasteiger partial charge in [-0.2, -0.15) is 4.39 Å². The first kappa shape index (κ1) is 19.8. The molecule has 0 aromatic carbocycles. The fourth-order valence-electron chi connectivity index (χ4n) is 2.60. The number of hydrogen-bond donors (Lipinski definition) is 8. The Balaban J connectivity index is 2.15. The predicted molar refractivity (Wildman–Crippen MR) is 68.7 cm³/mol. The summed E-state index contributed by atoms with van der Waals surface area (Å²) in [6.07, 6.45) is -16.1. The van der Waals surface area contributed by atoms with E-state index in [4.69, 9.17) is 14.6 Å². The van der Waals surface area contributed by atoms with Crippen LogP contribution >= 0.6 is 0 Å². The maximum absolute atomic E-state index is 13.6. The van der Waals surface area contributed by atoms with Gasteiger partial charge in [0.25, 0.3) is 0 Å². The number of rotatable bonds is 4. The van der Waals surface area contributed by atoms with E-state index in [1.54, 1.807) is 0 Å². The van der Waals surface area contributed by atoms with Crippen LogP contribution < -0.4 is 0 Å². The second kappa shape index (κ2) is 7.39. The van der Waals surface area contributed by atoms with Gasteiger partial charge in [0.1, 0.15) is 42.7 Å². The van der Waals surface area contributed by atoms with Gasteiger partial charge >= 0.3 is 6.04 Å². The van der Waals surface area contributed by atoms with Gasteiger partial charge in [0, 0.05) is 0 Å². The molecular formula is C12H21FO11. The molecule has 2 saturated heterocycles. The van der Waals surface area contributed by atoms with Gasteiger partial charge < -0.3 is 55.1 Å². The van der Waals surface area contributed by atoms with Crippen LogP contribution in [-0.2, 0) is 14.2 Å². The average Bonchev–Trinajstić information content (AvgIpc) is 2.55. The molecule has 0 aromatic rings. The molecule has 2 aliphatic heterocycles. The van der Waals surface area contributed by atoms with Crippen molar-refractivity contribution in [1.29, 1.82) is 0 Å². The Labute approximate surface area is 135 Å². The van der Waals surface area contributed by atoms with Crippen molar-refractivity contribution in [2.45, 2.75) is 61.2 Å². The molecule has 0 aromatic heterocycles. The molecule has 0 aliphatic carbocycles. The van der Waals surface area contributed by atoms with Crippen LogP contribution in [0.25, 0.3) is 0 Å². The maximum Gasteiger partial charge on any atom is 0.347 e. The van der Waals surface area contributed by atoms with E-state index in [9.17, 15) is 40.1 Å². The van der Waals surface area contributed by atoms with E-state index < -0.39 is 74.4 Å². The van der Waals surface area contributed by atoms with Crippen molar-refractivity contribution in [1.82, 2.24) is 0 Å². The Bertz CT molecular complexity index is 420. The number of aliphatic hydroxyl groups is 8. The lowest BCUT2D eigenvalue weighted by Gasteiger charge is -2.46. The third-order valence-electron chi connectivity index (χ3n) is 4.03. The SMILES string of the molecule is OC[C@H]1OC(O[C@H]2[C@H](O)[C@H](O)C(O)(F)O[C@@H]2CO)C(O)C(O)C1O. The zero-order valence-electron chi connectivity index (χ0n) is 12.3. The van der Waals surface area contributed by atoms with Crippen LogP contribution in [0, 0.1) is 0 Å². The summed E-state index contributed by atoms with van der Waals surface area (Å²) in [6, 6.07) is -3.64. The molecule has 12 heteroatoms. The van der Waals surface area contributed by atoms with E-state index in [0.29, 0.717) is 0 Å². The third kappa shape index (κ3) is 3.54. The minimum atomic E-state index is -3.64. The molecular weight excluding hydrogens is 339 g/mol. The Morgan fingerprint density at radius 3 is 2.00 bits per heavy atom. The fraction of sp³-hybridized carbons (Fsp3) is 1.00. The molecule has 5 unspecified atom stereocenters. The predicted octanol–water partition coefficient (Wildman–Crippen LogP) is -5.10. The zero-order chi connectivity index (χ0) is 18.2. The third-order valence-corrected chi connectivity index (χ3v) is 4.03. The van der Waals surface area contributed by atoms with Gasteiger partial charge in [-0.05, 0) is 0 Å². The fourth-order valence-corrected chi connectivity index (χ4v) is 2.60. The Kier molecular flexibility index (Phi) is 6.10. The minimum Gasteiger partial charge on any atom is -0.394 e. The molecule has 0 saturated carbocycles. The molecule has 2 heterocycles. The summed E-state index contributed by atoms with van der Waals surface area (Å²) in [5.74, 6) is 0. The largest absolute Gasteiger partial charge is 0.394 e. The van der Waals surface area contributed by atoms with Gasteiger partial charge in [-0.1, -0.05) is 0 Å². The highest BCUT2D eigenvalue weighted by molar-refractivity contribution is 4.95. The highest BCUT2D eigenvalue weighted by atomic mass is 19.2. The van der Waals surface area contributed by atoms with Gasteiger partial charge in [-0.15, -0.1) is 0 Å². The normalized spacial score (nSPS) is 53.1. The molecule has 0 radical (unpaired) electrons. The van der Waals surface area contributed by atoms with Gasteiger partial charge in [0.2, 0.25) is 0 Å². The molecule has 24 heavy (non-hydrogen) atoms. The van der Waals surface area contributed by atoms with Crippen LogP contribution in [0.1, 0.15) is 0 Å². The second-order valence-electron chi connectivity index (χ2n) is 5.68. The number of halogens is 1. The molecule has 0 amide bonds. The topological polar surface area (TPSA) is 190 Å². The summed E-state index contributed by atoms with van der Waals surface area (Å²) in [5.41, 5.74) is 0. The van der Waals surface area contributed by atoms with E-state index in [0.717, 1.165) is 0 Å². The molecule has 0 spiro atoms. The quantitative estimate of drug-likeness (QED) is 0.239. The van der Waals surface area contributed by atoms with Crippen LogP contribution in [0.2, 0.25) is 0 Å². The number of hydrogen-bond acceptors (Lipinski definition) is 11. The first-order valence-corrected chi connectivity index (χ1v) is 7.16. The first-order chi connectivity index (χ1) is 11.1. The van der Waals surface area contributed by atoms with Crippen molar-refractivity contribution in [2.75, 3.05) is 13.2 Å². The lowest BCUT2D eigenvalue weighted by molar-refractivity contribution is -0.420. The van der Waals surface area contributed by atoms with E-state index in [1.165, 1.54) is 0 Å². The van der Waals surface area contributed by atoms with E-state index in [1.807, 2.05) is 0 Å². The molecule has 11 nitrogen and oxygen atoms in total. The van der Waals surface area contributed by atoms with Crippen LogP contribution in [0.5, 0.6) is 0 Å². The Morgan fingerprint density at radius 2 is 1.46 bits per heavy atom. The van der Waals surface area contributed by atoms with Crippen LogP contribution in [0.15, 0.2) is 0 Å². The summed E-state index contributed by atoms with van der Waals surface area (Å²) in [4.78, 5) is 0. The zero-order valence-corrected chi connectivity index (χ0v) is 12.3. The van der Waals surface area contributed by atoms with Crippen molar-refractivity contribution >= 4 is 0 Å². The monoisotopic (exact) mass is 360 g/mol. The van der Waals surface area contributed by atoms with E-state index >= 15 is 0 Å².